The topological polar surface area (TPSA) is 157 Å². The van der Waals surface area contributed by atoms with E-state index in [9.17, 15) is 18.3 Å². The van der Waals surface area contributed by atoms with Crippen molar-refractivity contribution in [1.82, 2.24) is 30.3 Å². The van der Waals surface area contributed by atoms with Gasteiger partial charge in [0.15, 0.2) is 5.76 Å². The first-order chi connectivity index (χ1) is 20.3. The Hall–Kier alpha value is -3.81. The van der Waals surface area contributed by atoms with E-state index in [1.165, 1.54) is 47.2 Å². The summed E-state index contributed by atoms with van der Waals surface area (Å²) in [5.41, 5.74) is 2.27. The summed E-state index contributed by atoms with van der Waals surface area (Å²) in [5, 5.41) is 25.1. The number of aromatic nitrogens is 5. The van der Waals surface area contributed by atoms with Crippen molar-refractivity contribution in [3.8, 4) is 5.69 Å². The van der Waals surface area contributed by atoms with Crippen LogP contribution >= 0.6 is 0 Å². The zero-order valence-electron chi connectivity index (χ0n) is 23.6. The summed E-state index contributed by atoms with van der Waals surface area (Å²) in [6.45, 7) is 3.27. The van der Waals surface area contributed by atoms with Crippen molar-refractivity contribution in [3.05, 3.63) is 82.1 Å². The molecule has 1 aliphatic rings. The summed E-state index contributed by atoms with van der Waals surface area (Å²) in [5.74, 6) is 1.18. The summed E-state index contributed by atoms with van der Waals surface area (Å²) in [4.78, 5) is 12.8. The maximum atomic E-state index is 13.0. The lowest BCUT2D eigenvalue weighted by Crippen LogP contribution is -2.24. The zero-order valence-corrected chi connectivity index (χ0v) is 24.5. The van der Waals surface area contributed by atoms with Crippen LogP contribution < -0.4 is 15.7 Å². The van der Waals surface area contributed by atoms with Gasteiger partial charge < -0.3 is 14.9 Å². The lowest BCUT2D eigenvalue weighted by atomic mass is 10.0. The van der Waals surface area contributed by atoms with Crippen LogP contribution in [0.1, 0.15) is 61.6 Å². The Morgan fingerprint density at radius 1 is 1.07 bits per heavy atom. The molecule has 1 atom stereocenters. The number of aliphatic hydroxyl groups is 1. The molecular weight excluding hydrogens is 558 g/mol. The molecule has 0 bridgehead atoms. The maximum absolute atomic E-state index is 13.0. The van der Waals surface area contributed by atoms with Crippen LogP contribution in [0.25, 0.3) is 5.69 Å². The van der Waals surface area contributed by atoms with Gasteiger partial charge in [0, 0.05) is 24.8 Å². The minimum atomic E-state index is -3.84. The van der Waals surface area contributed by atoms with Crippen molar-refractivity contribution in [2.24, 2.45) is 5.92 Å². The van der Waals surface area contributed by atoms with E-state index < -0.39 is 16.1 Å². The van der Waals surface area contributed by atoms with Crippen molar-refractivity contribution in [2.75, 3.05) is 17.8 Å². The Morgan fingerprint density at radius 2 is 1.81 bits per heavy atom. The van der Waals surface area contributed by atoms with Gasteiger partial charge in [-0.1, -0.05) is 43.0 Å². The Bertz CT molecular complexity index is 1600. The predicted octanol–water partition coefficient (Wildman–Crippen LogP) is 3.36. The van der Waals surface area contributed by atoms with E-state index in [-0.39, 0.29) is 10.6 Å². The molecule has 42 heavy (non-hydrogen) atoms. The van der Waals surface area contributed by atoms with Crippen LogP contribution in [0, 0.1) is 12.8 Å². The average Bonchev–Trinajstić information content (AvgIpc) is 3.74. The van der Waals surface area contributed by atoms with Crippen molar-refractivity contribution >= 4 is 15.7 Å². The lowest BCUT2D eigenvalue weighted by molar-refractivity contribution is 0.138. The van der Waals surface area contributed by atoms with Gasteiger partial charge in [-0.15, -0.1) is 0 Å². The molecule has 0 saturated heterocycles. The first kappa shape index (κ1) is 29.7. The highest BCUT2D eigenvalue weighted by molar-refractivity contribution is 7.92. The van der Waals surface area contributed by atoms with Gasteiger partial charge >= 0.3 is 5.69 Å². The van der Waals surface area contributed by atoms with Crippen LogP contribution in [0.4, 0.5) is 5.69 Å². The summed E-state index contributed by atoms with van der Waals surface area (Å²) in [7, 11) is -3.84. The fourth-order valence-corrected chi connectivity index (χ4v) is 6.30. The van der Waals surface area contributed by atoms with Crippen LogP contribution in [-0.2, 0) is 23.0 Å². The van der Waals surface area contributed by atoms with Crippen LogP contribution in [-0.4, -0.2) is 51.6 Å². The molecular formula is C29H37N7O5S. The molecule has 0 radical (unpaired) electrons. The molecule has 1 aliphatic carbocycles. The Morgan fingerprint density at radius 3 is 2.50 bits per heavy atom. The number of hydrogen-bond donors (Lipinski definition) is 3. The van der Waals surface area contributed by atoms with E-state index in [0.29, 0.717) is 48.9 Å². The van der Waals surface area contributed by atoms with E-state index in [4.69, 9.17) is 4.52 Å². The van der Waals surface area contributed by atoms with Gasteiger partial charge in [0.25, 0.3) is 10.0 Å². The second-order valence-corrected chi connectivity index (χ2v) is 12.5. The number of nitrogens with zero attached hydrogens (tertiary/aromatic N) is 5. The summed E-state index contributed by atoms with van der Waals surface area (Å²) in [6.07, 6.45) is 7.04. The number of sulfonamides is 1. The number of aryl methyl sites for hydroxylation is 2. The molecule has 0 spiro atoms. The third-order valence-electron chi connectivity index (χ3n) is 7.60. The van der Waals surface area contributed by atoms with Gasteiger partial charge in [-0.2, -0.15) is 9.36 Å². The van der Waals surface area contributed by atoms with Crippen LogP contribution in [0.5, 0.6) is 0 Å². The summed E-state index contributed by atoms with van der Waals surface area (Å²) < 4.78 is 36.1. The SMILES string of the molecule is Cc1cc(C(O)CNCCc2ccc(NS(=O)(=O)c3ccc(-n4nnn(CCCC5CCCC5)c4=O)cc3)cc2)on1. The molecule has 2 aromatic carbocycles. The fourth-order valence-electron chi connectivity index (χ4n) is 5.24. The van der Waals surface area contributed by atoms with Crippen molar-refractivity contribution < 1.29 is 18.0 Å². The Kier molecular flexibility index (Phi) is 9.50. The third kappa shape index (κ3) is 7.52. The van der Waals surface area contributed by atoms with Gasteiger partial charge in [-0.25, -0.2) is 13.2 Å². The number of hydrogen-bond acceptors (Lipinski definition) is 9. The molecule has 1 saturated carbocycles. The molecule has 1 fully saturated rings. The van der Waals surface area contributed by atoms with Crippen molar-refractivity contribution in [2.45, 2.75) is 69.4 Å². The minimum Gasteiger partial charge on any atom is -0.384 e. The number of tetrazole rings is 1. The molecule has 12 nitrogen and oxygen atoms in total. The standard InChI is InChI=1S/C29H37N7O5S/c1-21-19-28(41-31-21)27(37)20-30-17-16-23-8-10-24(11-9-23)32-42(39,40)26-14-12-25(13-15-26)36-29(38)35(33-34-36)18-4-7-22-5-2-3-6-22/h8-15,19,22,27,30,32,37H,2-7,16-18,20H2,1H3. The molecule has 0 aliphatic heterocycles. The Labute approximate surface area is 244 Å². The molecule has 1 unspecified atom stereocenters. The average molecular weight is 596 g/mol. The van der Waals surface area contributed by atoms with Crippen LogP contribution in [0.3, 0.4) is 0 Å². The number of aliphatic hydroxyl groups excluding tert-OH is 1. The minimum absolute atomic E-state index is 0.0667. The zero-order chi connectivity index (χ0) is 29.5. The van der Waals surface area contributed by atoms with Crippen LogP contribution in [0.2, 0.25) is 0 Å². The molecule has 4 aromatic rings. The fraction of sp³-hybridized carbons (Fsp3) is 0.448. The van der Waals surface area contributed by atoms with E-state index in [2.05, 4.69) is 25.6 Å². The predicted molar refractivity (Wildman–Crippen MR) is 157 cm³/mol. The van der Waals surface area contributed by atoms with Gasteiger partial charge in [0.1, 0.15) is 6.10 Å². The molecule has 5 rings (SSSR count). The molecule has 13 heteroatoms. The molecule has 3 N–H and O–H groups in total. The molecule has 2 heterocycles. The monoisotopic (exact) mass is 595 g/mol. The number of nitrogens with one attached hydrogen (secondary N) is 2. The largest absolute Gasteiger partial charge is 0.384 e. The first-order valence-corrected chi connectivity index (χ1v) is 15.8. The highest BCUT2D eigenvalue weighted by Gasteiger charge is 2.17. The number of rotatable bonds is 14. The van der Waals surface area contributed by atoms with E-state index >= 15 is 0 Å². The van der Waals surface area contributed by atoms with Gasteiger partial charge in [0.2, 0.25) is 0 Å². The van der Waals surface area contributed by atoms with Gasteiger partial charge in [-0.3, -0.25) is 4.72 Å². The normalized spacial score (nSPS) is 14.8. The van der Waals surface area contributed by atoms with Gasteiger partial charge in [0.05, 0.1) is 16.3 Å². The second-order valence-electron chi connectivity index (χ2n) is 10.8. The van der Waals surface area contributed by atoms with E-state index in [1.54, 1.807) is 37.3 Å². The third-order valence-corrected chi connectivity index (χ3v) is 8.99. The quantitative estimate of drug-likeness (QED) is 0.186. The van der Waals surface area contributed by atoms with Crippen LogP contribution in [0.15, 0.2) is 68.8 Å². The summed E-state index contributed by atoms with van der Waals surface area (Å²) >= 11 is 0. The van der Waals surface area contributed by atoms with Crippen molar-refractivity contribution in [3.63, 3.8) is 0 Å². The van der Waals surface area contributed by atoms with E-state index in [1.807, 2.05) is 12.1 Å². The number of benzene rings is 2. The molecule has 0 amide bonds. The first-order valence-electron chi connectivity index (χ1n) is 14.4. The highest BCUT2D eigenvalue weighted by atomic mass is 32.2. The molecule has 2 aromatic heterocycles. The van der Waals surface area contributed by atoms with Gasteiger partial charge in [-0.05, 0) is 91.0 Å². The Balaban J connectivity index is 1.11. The number of anilines is 1. The molecule has 224 valence electrons. The van der Waals surface area contributed by atoms with Crippen molar-refractivity contribution in [1.29, 1.82) is 0 Å². The van der Waals surface area contributed by atoms with E-state index in [0.717, 1.165) is 24.3 Å². The highest BCUT2D eigenvalue weighted by Crippen LogP contribution is 2.28. The second kappa shape index (κ2) is 13.4. The smallest absolute Gasteiger partial charge is 0.368 e. The summed E-state index contributed by atoms with van der Waals surface area (Å²) in [6, 6.07) is 14.8. The maximum Gasteiger partial charge on any atom is 0.368 e. The lowest BCUT2D eigenvalue weighted by Gasteiger charge is -2.11.